The Kier molecular flexibility index (Phi) is 12.5. The van der Waals surface area contributed by atoms with Crippen molar-refractivity contribution in [3.63, 3.8) is 0 Å². The summed E-state index contributed by atoms with van der Waals surface area (Å²) in [5.74, 6) is -2.92. The Morgan fingerprint density at radius 1 is 0.971 bits per heavy atom. The predicted octanol–water partition coefficient (Wildman–Crippen LogP) is 3.37. The molecule has 8 nitrogen and oxygen atoms in total. The summed E-state index contributed by atoms with van der Waals surface area (Å²) in [4.78, 5) is 39.0. The molecule has 0 radical (unpaired) electrons. The van der Waals surface area contributed by atoms with E-state index in [0.717, 1.165) is 5.56 Å². The molecule has 0 aromatic heterocycles. The monoisotopic (exact) mass is 474 g/mol. The van der Waals surface area contributed by atoms with Crippen molar-refractivity contribution in [1.82, 2.24) is 15.9 Å². The van der Waals surface area contributed by atoms with Crippen LogP contribution in [0.3, 0.4) is 0 Å². The zero-order chi connectivity index (χ0) is 25.8. The number of nitrogens with two attached hydrogens (primary N) is 1. The van der Waals surface area contributed by atoms with Gasteiger partial charge in [-0.2, -0.15) is 0 Å². The summed E-state index contributed by atoms with van der Waals surface area (Å²) < 4.78 is 0. The van der Waals surface area contributed by atoms with Crippen molar-refractivity contribution in [3.05, 3.63) is 42.0 Å². The summed E-state index contributed by atoms with van der Waals surface area (Å²) in [6.07, 6.45) is 4.35. The van der Waals surface area contributed by atoms with Crippen molar-refractivity contribution in [3.8, 4) is 0 Å². The number of hydroxylamine groups is 1. The molecule has 190 valence electrons. The van der Waals surface area contributed by atoms with Crippen molar-refractivity contribution in [2.45, 2.75) is 60.4 Å². The van der Waals surface area contributed by atoms with Gasteiger partial charge in [0.25, 0.3) is 5.91 Å². The first-order valence-electron chi connectivity index (χ1n) is 12.0. The molecule has 0 aliphatic carbocycles. The van der Waals surface area contributed by atoms with Gasteiger partial charge in [0.1, 0.15) is 0 Å². The number of allylic oxidation sites excluding steroid dienone is 1. The molecule has 0 heterocycles. The van der Waals surface area contributed by atoms with E-state index in [2.05, 4.69) is 5.43 Å². The van der Waals surface area contributed by atoms with Crippen LogP contribution in [0.15, 0.2) is 36.4 Å². The summed E-state index contributed by atoms with van der Waals surface area (Å²) in [6.45, 7) is 11.8. The number of carbonyl (C=O) groups is 3. The Labute approximate surface area is 203 Å². The minimum atomic E-state index is -0.817. The van der Waals surface area contributed by atoms with Crippen LogP contribution in [0.1, 0.15) is 59.9 Å². The van der Waals surface area contributed by atoms with Gasteiger partial charge in [-0.25, -0.2) is 5.48 Å². The highest BCUT2D eigenvalue weighted by Gasteiger charge is 2.35. The minimum absolute atomic E-state index is 0.0949. The number of benzene rings is 1. The van der Waals surface area contributed by atoms with E-state index in [4.69, 9.17) is 5.73 Å². The molecular formula is C26H42N4O4. The van der Waals surface area contributed by atoms with Crippen LogP contribution in [0.25, 0.3) is 6.08 Å². The number of hydrazine groups is 1. The summed E-state index contributed by atoms with van der Waals surface area (Å²) in [5.41, 5.74) is 11.5. The Morgan fingerprint density at radius 3 is 2.09 bits per heavy atom. The number of hydrogen-bond donors (Lipinski definition) is 4. The molecule has 34 heavy (non-hydrogen) atoms. The summed E-state index contributed by atoms with van der Waals surface area (Å²) >= 11 is 0. The molecule has 0 aliphatic rings. The van der Waals surface area contributed by atoms with Crippen LogP contribution in [0.2, 0.25) is 0 Å². The number of hydrogen-bond acceptors (Lipinski definition) is 5. The van der Waals surface area contributed by atoms with E-state index in [9.17, 15) is 19.6 Å². The zero-order valence-electron chi connectivity index (χ0n) is 21.3. The van der Waals surface area contributed by atoms with Crippen LogP contribution < -0.4 is 16.6 Å². The fourth-order valence-corrected chi connectivity index (χ4v) is 3.65. The quantitative estimate of drug-likeness (QED) is 0.273. The minimum Gasteiger partial charge on any atom is -0.320 e. The molecule has 1 aromatic rings. The molecule has 1 rings (SSSR count). The SMILES string of the molecule is CC(C)C[C@@H](C(=O)NN(CC(C)C)C(=O)[C@@H](N)C(C)C)[C@H](C/C=C/c1ccccc1)C(=O)NO. The van der Waals surface area contributed by atoms with Gasteiger partial charge >= 0.3 is 0 Å². The smallest absolute Gasteiger partial charge is 0.258 e. The Morgan fingerprint density at radius 2 is 1.59 bits per heavy atom. The molecule has 0 fully saturated rings. The van der Waals surface area contributed by atoms with Crippen molar-refractivity contribution in [2.24, 2.45) is 35.3 Å². The third kappa shape index (κ3) is 9.65. The maximum Gasteiger partial charge on any atom is 0.258 e. The molecule has 3 amide bonds. The molecule has 5 N–H and O–H groups in total. The van der Waals surface area contributed by atoms with Crippen molar-refractivity contribution < 1.29 is 19.6 Å². The lowest BCUT2D eigenvalue weighted by Gasteiger charge is -2.32. The number of amides is 3. The second-order valence-corrected chi connectivity index (χ2v) is 9.96. The summed E-state index contributed by atoms with van der Waals surface area (Å²) in [6, 6.07) is 8.85. The third-order valence-electron chi connectivity index (χ3n) is 5.56. The molecule has 0 aliphatic heterocycles. The van der Waals surface area contributed by atoms with Gasteiger partial charge < -0.3 is 5.73 Å². The summed E-state index contributed by atoms with van der Waals surface area (Å²) in [7, 11) is 0. The van der Waals surface area contributed by atoms with Gasteiger partial charge in [0, 0.05) is 6.54 Å². The second-order valence-electron chi connectivity index (χ2n) is 9.96. The molecular weight excluding hydrogens is 432 g/mol. The van der Waals surface area contributed by atoms with Gasteiger partial charge in [0.2, 0.25) is 11.8 Å². The van der Waals surface area contributed by atoms with Crippen molar-refractivity contribution in [2.75, 3.05) is 6.54 Å². The molecule has 3 atom stereocenters. The molecule has 8 heteroatoms. The van der Waals surface area contributed by atoms with Gasteiger partial charge in [-0.15, -0.1) is 0 Å². The fraction of sp³-hybridized carbons (Fsp3) is 0.577. The van der Waals surface area contributed by atoms with Crippen LogP contribution in [0.4, 0.5) is 0 Å². The maximum atomic E-state index is 13.4. The lowest BCUT2D eigenvalue weighted by atomic mass is 9.82. The Hall–Kier alpha value is -2.71. The van der Waals surface area contributed by atoms with Gasteiger partial charge in [-0.05, 0) is 36.2 Å². The van der Waals surface area contributed by atoms with Gasteiger partial charge in [0.15, 0.2) is 0 Å². The first-order chi connectivity index (χ1) is 16.0. The van der Waals surface area contributed by atoms with Crippen LogP contribution in [-0.2, 0) is 14.4 Å². The van der Waals surface area contributed by atoms with Crippen molar-refractivity contribution in [1.29, 1.82) is 0 Å². The average molecular weight is 475 g/mol. The van der Waals surface area contributed by atoms with Crippen LogP contribution in [0, 0.1) is 29.6 Å². The fourth-order valence-electron chi connectivity index (χ4n) is 3.65. The van der Waals surface area contributed by atoms with Crippen LogP contribution in [-0.4, -0.2) is 40.5 Å². The molecule has 0 unspecified atom stereocenters. The van der Waals surface area contributed by atoms with E-state index in [1.165, 1.54) is 5.01 Å². The molecule has 0 saturated heterocycles. The first-order valence-corrected chi connectivity index (χ1v) is 12.0. The maximum absolute atomic E-state index is 13.4. The lowest BCUT2D eigenvalue weighted by Crippen LogP contribution is -2.57. The molecule has 0 bridgehead atoms. The number of rotatable bonds is 12. The Bertz CT molecular complexity index is 808. The topological polar surface area (TPSA) is 125 Å². The molecule has 0 saturated carbocycles. The van der Waals surface area contributed by atoms with Crippen LogP contribution in [0.5, 0.6) is 0 Å². The number of carbonyl (C=O) groups excluding carboxylic acids is 3. The number of nitrogens with one attached hydrogen (secondary N) is 2. The van der Waals surface area contributed by atoms with E-state index < -0.39 is 29.7 Å². The third-order valence-corrected chi connectivity index (χ3v) is 5.56. The van der Waals surface area contributed by atoms with Crippen LogP contribution >= 0.6 is 0 Å². The highest BCUT2D eigenvalue weighted by Crippen LogP contribution is 2.26. The predicted molar refractivity (Wildman–Crippen MR) is 134 cm³/mol. The number of nitrogens with zero attached hydrogens (tertiary/aromatic N) is 1. The summed E-state index contributed by atoms with van der Waals surface area (Å²) in [5, 5.41) is 10.6. The zero-order valence-corrected chi connectivity index (χ0v) is 21.3. The molecule has 0 spiro atoms. The highest BCUT2D eigenvalue weighted by molar-refractivity contribution is 5.90. The standard InChI is InChI=1S/C26H42N4O4/c1-17(2)15-22(21(25(32)29-34)14-10-13-20-11-8-7-9-12-20)24(31)28-30(16-18(3)4)26(33)23(27)19(5)6/h7-13,17-19,21-23,34H,14-16,27H2,1-6H3,(H,28,31)(H,29,32)/b13-10+/t21-,22+,23-/m0/s1. The average Bonchev–Trinajstić information content (AvgIpc) is 2.78. The van der Waals surface area contributed by atoms with Gasteiger partial charge in [-0.1, -0.05) is 84.0 Å². The van der Waals surface area contributed by atoms with Gasteiger partial charge in [0.05, 0.1) is 17.9 Å². The van der Waals surface area contributed by atoms with Gasteiger partial charge in [-0.3, -0.25) is 30.0 Å². The largest absolute Gasteiger partial charge is 0.320 e. The first kappa shape index (κ1) is 29.3. The van der Waals surface area contributed by atoms with E-state index in [1.807, 2.05) is 84.0 Å². The molecule has 1 aromatic carbocycles. The van der Waals surface area contributed by atoms with E-state index in [1.54, 1.807) is 5.48 Å². The second kappa shape index (κ2) is 14.5. The van der Waals surface area contributed by atoms with E-state index >= 15 is 0 Å². The normalized spacial score (nSPS) is 14.3. The Balaban J connectivity index is 3.18. The van der Waals surface area contributed by atoms with Crippen molar-refractivity contribution >= 4 is 23.8 Å². The van der Waals surface area contributed by atoms with E-state index in [0.29, 0.717) is 13.0 Å². The lowest BCUT2D eigenvalue weighted by molar-refractivity contribution is -0.148. The highest BCUT2D eigenvalue weighted by atomic mass is 16.5. The van der Waals surface area contributed by atoms with E-state index in [-0.39, 0.29) is 30.1 Å².